The number of aliphatic hydroxyl groups excluding tert-OH is 3. The van der Waals surface area contributed by atoms with E-state index in [4.69, 9.17) is 18.9 Å². The number of carbonyl (C=O) groups excluding carboxylic acids is 2. The lowest BCUT2D eigenvalue weighted by Crippen LogP contribution is -2.60. The molecule has 0 aliphatic carbocycles. The molecule has 0 aromatic heterocycles. The molecule has 6 atom stereocenters. The minimum absolute atomic E-state index is 0.148. The summed E-state index contributed by atoms with van der Waals surface area (Å²) < 4.78 is 54.1. The Kier molecular flexibility index (Phi) is 35.5. The molecule has 4 N–H and O–H groups in total. The third-order valence-corrected chi connectivity index (χ3v) is 11.0. The van der Waals surface area contributed by atoms with Gasteiger partial charge in [-0.2, -0.15) is 8.42 Å². The summed E-state index contributed by atoms with van der Waals surface area (Å²) in [5.41, 5.74) is 0. The Morgan fingerprint density at radius 2 is 1.02 bits per heavy atom. The molecule has 0 aromatic carbocycles. The number of rotatable bonds is 38. The Morgan fingerprint density at radius 3 is 1.55 bits per heavy atom. The van der Waals surface area contributed by atoms with Gasteiger partial charge in [0.1, 0.15) is 36.8 Å². The van der Waals surface area contributed by atoms with Gasteiger partial charge in [-0.3, -0.25) is 14.1 Å². The molecular formula is C49H82O12S. The topological polar surface area (TPSA) is 186 Å². The fourth-order valence-corrected chi connectivity index (χ4v) is 7.33. The van der Waals surface area contributed by atoms with Crippen molar-refractivity contribution in [2.75, 3.05) is 19.0 Å². The number of unbranched alkanes of at least 4 members (excludes halogenated alkanes) is 14. The van der Waals surface area contributed by atoms with Gasteiger partial charge < -0.3 is 34.3 Å². The van der Waals surface area contributed by atoms with Gasteiger partial charge in [-0.25, -0.2) is 0 Å². The maximum Gasteiger partial charge on any atom is 0.306 e. The summed E-state index contributed by atoms with van der Waals surface area (Å²) in [4.78, 5) is 25.4. The normalized spacial score (nSPS) is 20.5. The molecule has 356 valence electrons. The first kappa shape index (κ1) is 57.1. The van der Waals surface area contributed by atoms with Crippen LogP contribution in [0.2, 0.25) is 0 Å². The predicted octanol–water partition coefficient (Wildman–Crippen LogP) is 9.89. The second-order valence-corrected chi connectivity index (χ2v) is 17.5. The zero-order valence-electron chi connectivity index (χ0n) is 37.9. The van der Waals surface area contributed by atoms with Crippen molar-refractivity contribution < 1.29 is 56.8 Å². The number of carbonyl (C=O) groups is 2. The van der Waals surface area contributed by atoms with Crippen molar-refractivity contribution in [2.24, 2.45) is 0 Å². The molecule has 13 heteroatoms. The van der Waals surface area contributed by atoms with E-state index in [1.165, 1.54) is 44.9 Å². The third-order valence-electron chi connectivity index (χ3n) is 10.3. The molecule has 0 spiro atoms. The molecule has 12 nitrogen and oxygen atoms in total. The van der Waals surface area contributed by atoms with Crippen LogP contribution < -0.4 is 0 Å². The standard InChI is InChI=1S/C49H82O12S/c1-3-5-7-9-11-13-15-17-19-20-21-22-24-25-27-29-31-33-35-37-44(50)58-39-42(40-59-49-48(54)47(53)46(52)43(61-49)41-62(55,56)57)60-45(51)38-36-34-32-30-28-26-23-18-16-14-12-10-8-6-4-2/h5,7,11,13-14,16-17,19,21-22,25,27,42-43,46-49,52-54H,3-4,6,8-10,12,15,18,20,23-24,26,28-41H2,1-2H3,(H,55,56,57)/b7-5+,13-11+,16-14+,19-17+,22-21+,27-25+/t42-,43-,46-,47?,48?,49+/m1/s1. The van der Waals surface area contributed by atoms with Crippen LogP contribution in [0.1, 0.15) is 168 Å². The van der Waals surface area contributed by atoms with Crippen molar-refractivity contribution in [1.29, 1.82) is 0 Å². The van der Waals surface area contributed by atoms with Crippen molar-refractivity contribution in [3.8, 4) is 0 Å². The summed E-state index contributed by atoms with van der Waals surface area (Å²) in [5, 5.41) is 30.9. The van der Waals surface area contributed by atoms with E-state index in [0.717, 1.165) is 83.5 Å². The molecular weight excluding hydrogens is 813 g/mol. The monoisotopic (exact) mass is 895 g/mol. The lowest BCUT2D eigenvalue weighted by atomic mass is 10.00. The summed E-state index contributed by atoms with van der Waals surface area (Å²) in [7, 11) is -4.61. The van der Waals surface area contributed by atoms with Crippen LogP contribution in [0.4, 0.5) is 0 Å². The molecule has 1 heterocycles. The Morgan fingerprint density at radius 1 is 0.565 bits per heavy atom. The van der Waals surface area contributed by atoms with E-state index in [1.807, 2.05) is 0 Å². The van der Waals surface area contributed by atoms with Gasteiger partial charge in [-0.1, -0.05) is 145 Å². The fourth-order valence-electron chi connectivity index (χ4n) is 6.64. The lowest BCUT2D eigenvalue weighted by molar-refractivity contribution is -0.297. The Labute approximate surface area is 374 Å². The van der Waals surface area contributed by atoms with E-state index < -0.39 is 71.2 Å². The van der Waals surface area contributed by atoms with Crippen LogP contribution in [0.5, 0.6) is 0 Å². The first-order valence-corrected chi connectivity index (χ1v) is 25.1. The van der Waals surface area contributed by atoms with Crippen LogP contribution >= 0.6 is 0 Å². The van der Waals surface area contributed by atoms with Gasteiger partial charge in [0.25, 0.3) is 10.1 Å². The van der Waals surface area contributed by atoms with Crippen LogP contribution in [-0.2, 0) is 38.7 Å². The number of aliphatic hydroxyl groups is 3. The number of hydrogen-bond acceptors (Lipinski definition) is 11. The van der Waals surface area contributed by atoms with Gasteiger partial charge in [-0.05, 0) is 83.5 Å². The molecule has 0 saturated carbocycles. The van der Waals surface area contributed by atoms with Gasteiger partial charge in [0, 0.05) is 12.8 Å². The summed E-state index contributed by atoms with van der Waals surface area (Å²) in [6, 6.07) is 0. The molecule has 0 bridgehead atoms. The molecule has 1 rings (SSSR count). The van der Waals surface area contributed by atoms with Crippen LogP contribution in [-0.4, -0.2) is 96.0 Å². The highest BCUT2D eigenvalue weighted by atomic mass is 32.2. The minimum Gasteiger partial charge on any atom is -0.462 e. The minimum atomic E-state index is -4.61. The predicted molar refractivity (Wildman–Crippen MR) is 247 cm³/mol. The van der Waals surface area contributed by atoms with Crippen molar-refractivity contribution in [2.45, 2.75) is 205 Å². The zero-order valence-corrected chi connectivity index (χ0v) is 38.8. The first-order valence-electron chi connectivity index (χ1n) is 23.5. The Bertz CT molecular complexity index is 1420. The number of allylic oxidation sites excluding steroid dienone is 12. The van der Waals surface area contributed by atoms with Crippen LogP contribution in [0.25, 0.3) is 0 Å². The van der Waals surface area contributed by atoms with E-state index >= 15 is 0 Å². The average molecular weight is 895 g/mol. The van der Waals surface area contributed by atoms with Gasteiger partial charge >= 0.3 is 11.9 Å². The van der Waals surface area contributed by atoms with Crippen molar-refractivity contribution in [3.05, 3.63) is 72.9 Å². The fraction of sp³-hybridized carbons (Fsp3) is 0.714. The molecule has 62 heavy (non-hydrogen) atoms. The number of ether oxygens (including phenoxy) is 4. The van der Waals surface area contributed by atoms with E-state index in [2.05, 4.69) is 86.8 Å². The highest BCUT2D eigenvalue weighted by Crippen LogP contribution is 2.24. The summed E-state index contributed by atoms with van der Waals surface area (Å²) in [6.45, 7) is 3.60. The first-order chi connectivity index (χ1) is 30.0. The second-order valence-electron chi connectivity index (χ2n) is 16.0. The summed E-state index contributed by atoms with van der Waals surface area (Å²) in [5.74, 6) is -2.04. The molecule has 1 aliphatic heterocycles. The second kappa shape index (κ2) is 38.5. The van der Waals surface area contributed by atoms with Crippen molar-refractivity contribution in [1.82, 2.24) is 0 Å². The van der Waals surface area contributed by atoms with E-state index in [-0.39, 0.29) is 19.4 Å². The molecule has 0 aromatic rings. The van der Waals surface area contributed by atoms with Crippen molar-refractivity contribution >= 4 is 22.1 Å². The molecule has 0 radical (unpaired) electrons. The summed E-state index contributed by atoms with van der Waals surface area (Å²) in [6.07, 6.45) is 39.4. The molecule has 2 unspecified atom stereocenters. The summed E-state index contributed by atoms with van der Waals surface area (Å²) >= 11 is 0. The van der Waals surface area contributed by atoms with Gasteiger partial charge in [0.15, 0.2) is 12.4 Å². The smallest absolute Gasteiger partial charge is 0.306 e. The van der Waals surface area contributed by atoms with Gasteiger partial charge in [-0.15, -0.1) is 0 Å². The third kappa shape index (κ3) is 32.7. The zero-order chi connectivity index (χ0) is 45.5. The highest BCUT2D eigenvalue weighted by Gasteiger charge is 2.46. The maximum atomic E-state index is 12.8. The van der Waals surface area contributed by atoms with Gasteiger partial charge in [0.2, 0.25) is 0 Å². The quantitative estimate of drug-likeness (QED) is 0.0199. The Hall–Kier alpha value is -2.91. The lowest BCUT2D eigenvalue weighted by Gasteiger charge is -2.40. The molecule has 0 amide bonds. The van der Waals surface area contributed by atoms with Crippen LogP contribution in [0, 0.1) is 0 Å². The molecule has 1 aliphatic rings. The van der Waals surface area contributed by atoms with E-state index in [1.54, 1.807) is 0 Å². The van der Waals surface area contributed by atoms with Gasteiger partial charge in [0.05, 0.1) is 6.61 Å². The maximum absolute atomic E-state index is 12.8. The average Bonchev–Trinajstić information content (AvgIpc) is 3.24. The van der Waals surface area contributed by atoms with Crippen LogP contribution in [0.3, 0.4) is 0 Å². The SMILES string of the molecule is CC/C=C/C/C=C/C/C=C/C/C=C/C/C=C/CCCCCC(=O)OC[C@H](CO[C@H]1O[C@H](CS(=O)(=O)O)[C@@H](O)C(O)C1O)OC(=O)CCCCCCCCC/C=C/CCCCCC. The van der Waals surface area contributed by atoms with Crippen LogP contribution in [0.15, 0.2) is 72.9 Å². The molecule has 1 fully saturated rings. The molecule has 1 saturated heterocycles. The van der Waals surface area contributed by atoms with E-state index in [0.29, 0.717) is 12.8 Å². The van der Waals surface area contributed by atoms with Crippen molar-refractivity contribution in [3.63, 3.8) is 0 Å². The number of esters is 2. The largest absolute Gasteiger partial charge is 0.462 e. The highest BCUT2D eigenvalue weighted by molar-refractivity contribution is 7.85. The van der Waals surface area contributed by atoms with E-state index in [9.17, 15) is 37.9 Å². The Balaban J connectivity index is 2.46. The number of hydrogen-bond donors (Lipinski definition) is 4.